The first-order chi connectivity index (χ1) is 53.6. The highest BCUT2D eigenvalue weighted by molar-refractivity contribution is 6.30. The maximum absolute atomic E-state index is 12.1. The van der Waals surface area contributed by atoms with Gasteiger partial charge in [-0.05, 0) is 220 Å². The van der Waals surface area contributed by atoms with Crippen LogP contribution in [0.1, 0.15) is 178 Å². The van der Waals surface area contributed by atoms with Gasteiger partial charge in [-0.3, -0.25) is 39.3 Å². The van der Waals surface area contributed by atoms with E-state index >= 15 is 0 Å². The molecule has 0 bridgehead atoms. The summed E-state index contributed by atoms with van der Waals surface area (Å²) < 4.78 is 26.8. The lowest BCUT2D eigenvalue weighted by atomic mass is 10.2. The van der Waals surface area contributed by atoms with Gasteiger partial charge in [-0.15, -0.1) is 9.97 Å². The number of hydrogen-bond acceptors (Lipinski definition) is 24. The molecule has 0 unspecified atom stereocenters. The van der Waals surface area contributed by atoms with E-state index in [0.717, 1.165) is 131 Å². The third-order valence-electron chi connectivity index (χ3n) is 16.1. The molecule has 0 saturated heterocycles. The maximum Gasteiger partial charge on any atom is 0.414 e. The molecule has 14 heterocycles. The monoisotopic (exact) mass is 1670 g/mol. The van der Waals surface area contributed by atoms with Gasteiger partial charge in [-0.25, -0.2) is 38.9 Å². The van der Waals surface area contributed by atoms with E-state index in [4.69, 9.17) is 79.2 Å². The van der Waals surface area contributed by atoms with E-state index in [2.05, 4.69) is 60.5 Å². The zero-order valence-electron chi connectivity index (χ0n) is 66.8. The first kappa shape index (κ1) is 102. The number of aromatic nitrogens is 7. The Bertz CT molecular complexity index is 4640. The second-order valence-corrected chi connectivity index (χ2v) is 31.5. The predicted octanol–water partition coefficient (Wildman–Crippen LogP) is 17.7. The molecule has 32 nitrogen and oxygen atoms in total. The van der Waals surface area contributed by atoms with Crippen molar-refractivity contribution >= 4 is 130 Å². The minimum absolute atomic E-state index is 0. The van der Waals surface area contributed by atoms with Crippen molar-refractivity contribution in [2.75, 3.05) is 86.3 Å². The van der Waals surface area contributed by atoms with Gasteiger partial charge < -0.3 is 49.3 Å². The standard InChI is InChI=1S/C13H17N3O3.C13H15N3O2.C13H18N2O2.C12H15ClN2O2.C12H16N2O2.C8H7N3.C7H7ClN2.2CO2.4CH4/c1-13(2,3)19-12(18)16-5-4-9-7-14-11(15-8-17)6-10(9)16;1-13(2,3)18-12(17)16-6-5-9-8-15-11(14-4)7-10(9)16;1-9-7-11-10(8-14-9)5-6-15(11)12(16)17-13(2,3)4;1-12(2,3)17-11(16)15-5-4-8-7-14-10(13)6-9(8)15;1-12(2,3)16-11(15)14-7-5-9-8-13-6-4-10(9)14;1-9-8-4-7-6(5-11-8)2-3-10-7;8-7-3-6-5(4-10-7)1-2-9-6;2*2-1-3;;;;/h6-8H,4-5H2,1-3H3,(H,14,15,17);7-8H,5-6H2,1-3H3;7-8H,5-6H2,1-4H3;6-7H,4-5H2,1-3H3;4,6,8H,5,7H2,1-3H3;4-5,10H,2-3H2;3-4,9H,1-2H2;;;4*1H4. The van der Waals surface area contributed by atoms with Gasteiger partial charge in [0, 0.05) is 123 Å². The first-order valence-corrected chi connectivity index (χ1v) is 36.9. The predicted molar refractivity (Wildman–Crippen MR) is 454 cm³/mol. The minimum Gasteiger partial charge on any atom is -0.443 e. The highest BCUT2D eigenvalue weighted by Gasteiger charge is 2.35. The number of nitrogens with one attached hydrogen (secondary N) is 3. The largest absolute Gasteiger partial charge is 0.443 e. The van der Waals surface area contributed by atoms with Crippen molar-refractivity contribution in [1.29, 1.82) is 0 Å². The van der Waals surface area contributed by atoms with Crippen LogP contribution in [0.2, 0.25) is 10.3 Å². The molecule has 118 heavy (non-hydrogen) atoms. The molecule has 3 N–H and O–H groups in total. The number of rotatable bonds is 2. The first-order valence-electron chi connectivity index (χ1n) is 36.2. The summed E-state index contributed by atoms with van der Waals surface area (Å²) in [4.78, 5) is 146. The lowest BCUT2D eigenvalue weighted by Gasteiger charge is -2.24. The summed E-state index contributed by atoms with van der Waals surface area (Å²) in [5.74, 6) is 1.19. The fourth-order valence-corrected chi connectivity index (χ4v) is 11.8. The number of aryl methyl sites for hydroxylation is 1. The summed E-state index contributed by atoms with van der Waals surface area (Å²) in [5, 5.41) is 9.83. The van der Waals surface area contributed by atoms with Gasteiger partial charge in [0.25, 0.3) is 11.6 Å². The zero-order chi connectivity index (χ0) is 84.5. The summed E-state index contributed by atoms with van der Waals surface area (Å²) in [6.07, 6.45) is 19.5. The molecule has 7 aromatic rings. The Morgan fingerprint density at radius 3 is 1.12 bits per heavy atom. The molecular formula is C84H111Cl2N17O15. The van der Waals surface area contributed by atoms with Crippen molar-refractivity contribution in [3.8, 4) is 0 Å². The molecule has 0 atom stereocenters. The van der Waals surface area contributed by atoms with Crippen molar-refractivity contribution in [2.24, 2.45) is 0 Å². The highest BCUT2D eigenvalue weighted by atomic mass is 35.5. The Kier molecular flexibility index (Phi) is 39.6. The molecular weight excluding hydrogens is 1560 g/mol. The van der Waals surface area contributed by atoms with Crippen LogP contribution in [-0.4, -0.2) is 158 Å². The second kappa shape index (κ2) is 45.9. The molecule has 6 amide bonds. The fraction of sp³-hybridized carbons (Fsp3) is 0.464. The molecule has 7 aliphatic rings. The molecule has 14 rings (SSSR count). The average Bonchev–Trinajstić information content (AvgIpc) is 1.68. The molecule has 0 fully saturated rings. The Morgan fingerprint density at radius 1 is 0.424 bits per heavy atom. The van der Waals surface area contributed by atoms with Crippen LogP contribution in [0.3, 0.4) is 0 Å². The van der Waals surface area contributed by atoms with Crippen molar-refractivity contribution in [3.63, 3.8) is 0 Å². The van der Waals surface area contributed by atoms with E-state index in [1.807, 2.05) is 141 Å². The van der Waals surface area contributed by atoms with Crippen LogP contribution in [0, 0.1) is 20.1 Å². The number of amides is 6. The molecule has 0 radical (unpaired) electrons. The van der Waals surface area contributed by atoms with Gasteiger partial charge in [0.2, 0.25) is 6.41 Å². The molecule has 0 aliphatic carbocycles. The van der Waals surface area contributed by atoms with Crippen LogP contribution in [-0.2, 0) is 92.6 Å². The SMILES string of the molecule is C.C.C.C.CC(C)(C)OC(=O)N1CCc2cnc(Cl)cc21.CC(C)(C)OC(=O)N1CCc2cnc(NC=O)cc21.CC(C)(C)OC(=O)N1CCc2cnccc21.Cc1cc2c(cn1)CCN2C(=O)OC(C)(C)C.Clc1cc2c(cn1)CCN2.O=C=O.O=C=O.[C-]#[N+]c1cc2c(cn1)CCN2.[C-]#[N+]c1cc2c(cn1)CCN2C(=O)OC(C)(C)C. The van der Waals surface area contributed by atoms with Crippen LogP contribution in [0.25, 0.3) is 9.69 Å². The lowest BCUT2D eigenvalue weighted by Crippen LogP contribution is -2.35. The molecule has 34 heteroatoms. The topological polar surface area (TPSA) is 368 Å². The van der Waals surface area contributed by atoms with Crippen LogP contribution < -0.4 is 40.4 Å². The van der Waals surface area contributed by atoms with Crippen molar-refractivity contribution in [2.45, 2.75) is 213 Å². The van der Waals surface area contributed by atoms with Gasteiger partial charge in [-0.2, -0.15) is 19.2 Å². The lowest BCUT2D eigenvalue weighted by molar-refractivity contribution is -0.193. The Hall–Kier alpha value is -12.2. The molecule has 0 aromatic carbocycles. The van der Waals surface area contributed by atoms with Crippen LogP contribution in [0.15, 0.2) is 92.0 Å². The molecule has 7 aromatic heterocycles. The van der Waals surface area contributed by atoms with Crippen LogP contribution in [0.5, 0.6) is 0 Å². The third-order valence-corrected chi connectivity index (χ3v) is 16.6. The summed E-state index contributed by atoms with van der Waals surface area (Å²) in [5.41, 5.74) is 12.5. The van der Waals surface area contributed by atoms with Gasteiger partial charge in [0.1, 0.15) is 56.5 Å². The second-order valence-electron chi connectivity index (χ2n) is 30.7. The van der Waals surface area contributed by atoms with Gasteiger partial charge >= 0.3 is 42.8 Å². The fourth-order valence-electron chi connectivity index (χ4n) is 11.5. The van der Waals surface area contributed by atoms with Crippen LogP contribution in [0.4, 0.5) is 81.2 Å². The van der Waals surface area contributed by atoms with E-state index < -0.39 is 28.0 Å². The van der Waals surface area contributed by atoms with E-state index in [1.165, 1.54) is 11.1 Å². The van der Waals surface area contributed by atoms with Gasteiger partial charge in [0.05, 0.1) is 22.7 Å². The maximum atomic E-state index is 12.1. The number of ether oxygens (including phenoxy) is 5. The number of nitrogens with zero attached hydrogens (tertiary/aromatic N) is 14. The number of carbonyl (C=O) groups is 6. The molecule has 7 aliphatic heterocycles. The van der Waals surface area contributed by atoms with Gasteiger partial charge in [-0.1, -0.05) is 66.1 Å². The van der Waals surface area contributed by atoms with Crippen molar-refractivity contribution < 1.29 is 71.6 Å². The summed E-state index contributed by atoms with van der Waals surface area (Å²) in [6, 6.07) is 12.5. The Labute approximate surface area is 702 Å². The van der Waals surface area contributed by atoms with E-state index in [0.29, 0.717) is 66.9 Å². The van der Waals surface area contributed by atoms with E-state index in [9.17, 15) is 28.8 Å². The highest BCUT2D eigenvalue weighted by Crippen LogP contribution is 2.36. The van der Waals surface area contributed by atoms with E-state index in [-0.39, 0.29) is 72.5 Å². The Balaban J connectivity index is 0.000000462. The van der Waals surface area contributed by atoms with E-state index in [1.54, 1.807) is 85.9 Å². The number of pyridine rings is 7. The third kappa shape index (κ3) is 31.8. The van der Waals surface area contributed by atoms with Crippen LogP contribution >= 0.6 is 23.2 Å². The number of anilines is 8. The number of carbonyl (C=O) groups excluding carboxylic acids is 10. The van der Waals surface area contributed by atoms with Crippen molar-refractivity contribution in [1.82, 2.24) is 34.9 Å². The van der Waals surface area contributed by atoms with Crippen molar-refractivity contribution in [3.05, 3.63) is 170 Å². The minimum atomic E-state index is -0.531. The van der Waals surface area contributed by atoms with Gasteiger partial charge in [0.15, 0.2) is 0 Å². The summed E-state index contributed by atoms with van der Waals surface area (Å²) in [6.45, 7) is 48.5. The number of fused-ring (bicyclic) bond motifs is 7. The number of hydrogen-bond donors (Lipinski definition) is 3. The normalized spacial score (nSPS) is 13.2. The molecule has 636 valence electrons. The molecule has 0 saturated carbocycles. The summed E-state index contributed by atoms with van der Waals surface area (Å²) >= 11 is 11.5. The number of halogens is 2. The Morgan fingerprint density at radius 2 is 0.729 bits per heavy atom. The quantitative estimate of drug-likeness (QED) is 0.0626. The zero-order valence-corrected chi connectivity index (χ0v) is 68.3. The smallest absolute Gasteiger partial charge is 0.414 e. The molecule has 0 spiro atoms. The average molecular weight is 1670 g/mol. The summed E-state index contributed by atoms with van der Waals surface area (Å²) in [7, 11) is 0.